The molecule has 2 aromatic rings. The van der Waals surface area contributed by atoms with Crippen LogP contribution in [0.5, 0.6) is 0 Å². The molecule has 1 N–H and O–H groups in total. The molecule has 9 heteroatoms. The molecule has 128 valence electrons. The second-order valence-corrected chi connectivity index (χ2v) is 6.29. The number of imidazole rings is 1. The van der Waals surface area contributed by atoms with Gasteiger partial charge in [-0.3, -0.25) is 13.9 Å². The molecule has 24 heavy (non-hydrogen) atoms. The van der Waals surface area contributed by atoms with Crippen molar-refractivity contribution in [2.24, 2.45) is 14.1 Å². The van der Waals surface area contributed by atoms with Crippen molar-refractivity contribution in [3.63, 3.8) is 0 Å². The maximum Gasteiger partial charge on any atom is 0.332 e. The van der Waals surface area contributed by atoms with Crippen LogP contribution in [0.25, 0.3) is 11.2 Å². The molecule has 1 saturated heterocycles. The molecule has 9 nitrogen and oxygen atoms in total. The molecule has 1 aliphatic rings. The Kier molecular flexibility index (Phi) is 4.15. The zero-order valence-electron chi connectivity index (χ0n) is 14.2. The highest BCUT2D eigenvalue weighted by atomic mass is 16.2. The quantitative estimate of drug-likeness (QED) is 0.681. The van der Waals surface area contributed by atoms with Gasteiger partial charge in [0.15, 0.2) is 11.2 Å². The first-order chi connectivity index (χ1) is 11.5. The van der Waals surface area contributed by atoms with Gasteiger partial charge in [-0.05, 0) is 0 Å². The number of nitriles is 1. The Morgan fingerprint density at radius 1 is 1.21 bits per heavy atom. The summed E-state index contributed by atoms with van der Waals surface area (Å²) in [4.78, 5) is 33.0. The lowest BCUT2D eigenvalue weighted by Crippen LogP contribution is -3.12. The average molecular weight is 332 g/mol. The first-order valence-electron chi connectivity index (χ1n) is 8.05. The molecule has 0 radical (unpaired) electrons. The Morgan fingerprint density at radius 3 is 2.50 bits per heavy atom. The Balaban J connectivity index is 2.23. The number of aryl methyl sites for hydroxylation is 2. The van der Waals surface area contributed by atoms with Crippen molar-refractivity contribution in [3.05, 3.63) is 20.8 Å². The number of hydrogen-bond acceptors (Lipinski definition) is 5. The van der Waals surface area contributed by atoms with Crippen LogP contribution in [0.15, 0.2) is 9.59 Å². The molecule has 0 aromatic carbocycles. The van der Waals surface area contributed by atoms with E-state index in [9.17, 15) is 9.59 Å². The van der Waals surface area contributed by atoms with Crippen molar-refractivity contribution in [2.75, 3.05) is 38.1 Å². The average Bonchev–Trinajstić information content (AvgIpc) is 2.96. The molecule has 0 bridgehead atoms. The summed E-state index contributed by atoms with van der Waals surface area (Å²) in [6.45, 7) is 4.01. The van der Waals surface area contributed by atoms with Gasteiger partial charge in [0.25, 0.3) is 5.56 Å². The van der Waals surface area contributed by atoms with Gasteiger partial charge in [-0.1, -0.05) is 0 Å². The van der Waals surface area contributed by atoms with Crippen LogP contribution in [0, 0.1) is 11.3 Å². The van der Waals surface area contributed by atoms with Gasteiger partial charge in [-0.15, -0.1) is 0 Å². The number of quaternary nitrogens is 1. The molecule has 0 spiro atoms. The van der Waals surface area contributed by atoms with Crippen molar-refractivity contribution in [1.82, 2.24) is 18.7 Å². The highest BCUT2D eigenvalue weighted by Crippen LogP contribution is 2.20. The molecule has 0 aliphatic carbocycles. The van der Waals surface area contributed by atoms with E-state index in [1.165, 1.54) is 16.5 Å². The van der Waals surface area contributed by atoms with Crippen LogP contribution in [0.3, 0.4) is 0 Å². The molecule has 0 amide bonds. The van der Waals surface area contributed by atoms with Gasteiger partial charge < -0.3 is 14.4 Å². The number of piperazine rings is 1. The fraction of sp³-hybridized carbons (Fsp3) is 0.600. The van der Waals surface area contributed by atoms with Gasteiger partial charge >= 0.3 is 5.69 Å². The van der Waals surface area contributed by atoms with Gasteiger partial charge in [0, 0.05) is 20.6 Å². The van der Waals surface area contributed by atoms with E-state index in [0.717, 1.165) is 30.7 Å². The zero-order valence-corrected chi connectivity index (χ0v) is 14.2. The molecule has 2 aromatic heterocycles. The Labute approximate surface area is 138 Å². The summed E-state index contributed by atoms with van der Waals surface area (Å²) in [5, 5.41) is 8.96. The fourth-order valence-corrected chi connectivity index (χ4v) is 3.14. The molecule has 0 unspecified atom stereocenters. The molecular weight excluding hydrogens is 310 g/mol. The van der Waals surface area contributed by atoms with Crippen LogP contribution in [-0.2, 0) is 20.6 Å². The standard InChI is InChI=1S/C15H21N7O2/c1-18-7-9-21(10-8-18)14-17-12-11(22(14)6-4-5-16)13(23)20(3)15(24)19(12)2/h4,6-10H2,1-3H3/p+1. The van der Waals surface area contributed by atoms with Crippen LogP contribution in [-0.4, -0.2) is 51.9 Å². The molecule has 0 saturated carbocycles. The van der Waals surface area contributed by atoms with Crippen LogP contribution in [0.1, 0.15) is 6.42 Å². The SMILES string of the molecule is Cn1c(=O)c2c(nc(N3CC[NH+](C)CC3)n2CCC#N)n(C)c1=O. The lowest BCUT2D eigenvalue weighted by Gasteiger charge is -2.31. The first kappa shape index (κ1) is 16.3. The smallest absolute Gasteiger partial charge is 0.332 e. The van der Waals surface area contributed by atoms with Crippen molar-refractivity contribution in [1.29, 1.82) is 5.26 Å². The number of rotatable bonds is 3. The Bertz CT molecular complexity index is 922. The summed E-state index contributed by atoms with van der Waals surface area (Å²) >= 11 is 0. The zero-order chi connectivity index (χ0) is 17.4. The van der Waals surface area contributed by atoms with E-state index in [1.54, 1.807) is 11.6 Å². The minimum Gasteiger partial charge on any atom is -0.334 e. The van der Waals surface area contributed by atoms with Gasteiger partial charge in [-0.25, -0.2) is 4.79 Å². The second kappa shape index (κ2) is 6.13. The Morgan fingerprint density at radius 2 is 1.88 bits per heavy atom. The molecular formula is C15H22N7O2+. The van der Waals surface area contributed by atoms with E-state index >= 15 is 0 Å². The number of hydrogen-bond donors (Lipinski definition) is 1. The number of aromatic nitrogens is 4. The van der Waals surface area contributed by atoms with E-state index in [4.69, 9.17) is 5.26 Å². The van der Waals surface area contributed by atoms with Gasteiger partial charge in [0.05, 0.1) is 45.7 Å². The predicted molar refractivity (Wildman–Crippen MR) is 89.3 cm³/mol. The van der Waals surface area contributed by atoms with E-state index in [0.29, 0.717) is 23.7 Å². The number of likely N-dealkylation sites (N-methyl/N-ethyl adjacent to an activating group) is 1. The number of nitrogens with one attached hydrogen (secondary N) is 1. The fourth-order valence-electron chi connectivity index (χ4n) is 3.14. The lowest BCUT2D eigenvalue weighted by molar-refractivity contribution is -0.880. The monoisotopic (exact) mass is 332 g/mol. The highest BCUT2D eigenvalue weighted by molar-refractivity contribution is 5.74. The first-order valence-corrected chi connectivity index (χ1v) is 8.05. The molecule has 3 rings (SSSR count). The van der Waals surface area contributed by atoms with E-state index in [-0.39, 0.29) is 12.0 Å². The van der Waals surface area contributed by atoms with Crippen molar-refractivity contribution in [2.45, 2.75) is 13.0 Å². The summed E-state index contributed by atoms with van der Waals surface area (Å²) in [5.74, 6) is 0.672. The van der Waals surface area contributed by atoms with Crippen LogP contribution >= 0.6 is 0 Å². The number of nitrogens with zero attached hydrogens (tertiary/aromatic N) is 6. The number of anilines is 1. The minimum atomic E-state index is -0.396. The third-order valence-electron chi connectivity index (χ3n) is 4.67. The Hall–Kier alpha value is -2.60. The molecule has 1 aliphatic heterocycles. The summed E-state index contributed by atoms with van der Waals surface area (Å²) in [7, 11) is 5.23. The van der Waals surface area contributed by atoms with E-state index < -0.39 is 5.69 Å². The summed E-state index contributed by atoms with van der Waals surface area (Å²) in [6.07, 6.45) is 0.281. The van der Waals surface area contributed by atoms with Crippen molar-refractivity contribution < 1.29 is 4.90 Å². The van der Waals surface area contributed by atoms with Crippen molar-refractivity contribution >= 4 is 17.1 Å². The lowest BCUT2D eigenvalue weighted by atomic mass is 10.3. The minimum absolute atomic E-state index is 0.281. The third kappa shape index (κ3) is 2.49. The summed E-state index contributed by atoms with van der Waals surface area (Å²) < 4.78 is 4.27. The van der Waals surface area contributed by atoms with Crippen LogP contribution in [0.2, 0.25) is 0 Å². The molecule has 0 atom stereocenters. The van der Waals surface area contributed by atoms with Gasteiger partial charge in [-0.2, -0.15) is 10.2 Å². The maximum atomic E-state index is 12.6. The predicted octanol–water partition coefficient (Wildman–Crippen LogP) is -2.32. The second-order valence-electron chi connectivity index (χ2n) is 6.29. The summed E-state index contributed by atoms with van der Waals surface area (Å²) in [6, 6.07) is 2.12. The topological polar surface area (TPSA) is 93.3 Å². The maximum absolute atomic E-state index is 12.6. The molecule has 1 fully saturated rings. The van der Waals surface area contributed by atoms with Crippen LogP contribution < -0.4 is 21.0 Å². The van der Waals surface area contributed by atoms with Gasteiger partial charge in [0.2, 0.25) is 5.95 Å². The highest BCUT2D eigenvalue weighted by Gasteiger charge is 2.25. The summed E-state index contributed by atoms with van der Waals surface area (Å²) in [5.41, 5.74) is -0.00483. The van der Waals surface area contributed by atoms with E-state index in [2.05, 4.69) is 23.0 Å². The van der Waals surface area contributed by atoms with E-state index in [1.807, 2.05) is 0 Å². The molecule has 3 heterocycles. The largest absolute Gasteiger partial charge is 0.334 e. The third-order valence-corrected chi connectivity index (χ3v) is 4.67. The van der Waals surface area contributed by atoms with Crippen LogP contribution in [0.4, 0.5) is 5.95 Å². The van der Waals surface area contributed by atoms with Gasteiger partial charge in [0.1, 0.15) is 0 Å². The normalized spacial score (nSPS) is 15.8. The number of fused-ring (bicyclic) bond motifs is 1. The van der Waals surface area contributed by atoms with Crippen molar-refractivity contribution in [3.8, 4) is 6.07 Å².